The summed E-state index contributed by atoms with van der Waals surface area (Å²) in [5, 5.41) is 0.0470. The van der Waals surface area contributed by atoms with Crippen molar-refractivity contribution in [2.45, 2.75) is 12.7 Å². The lowest BCUT2D eigenvalue weighted by Gasteiger charge is -2.36. The smallest absolute Gasteiger partial charge is 0.449 e. The van der Waals surface area contributed by atoms with E-state index in [4.69, 9.17) is 16.0 Å². The zero-order chi connectivity index (χ0) is 22.2. The third-order valence-electron chi connectivity index (χ3n) is 4.85. The Morgan fingerprint density at radius 3 is 2.39 bits per heavy atom. The van der Waals surface area contributed by atoms with Crippen molar-refractivity contribution in [2.75, 3.05) is 36.0 Å². The van der Waals surface area contributed by atoms with Gasteiger partial charge in [-0.15, -0.1) is 0 Å². The molecule has 12 heteroatoms. The van der Waals surface area contributed by atoms with Gasteiger partial charge in [0.05, 0.1) is 11.6 Å². The standard InChI is InChI=1S/C19H16ClF4N5O2/c20-14-9-12(1-3-15(14)21)27-5-7-28(8-6-27)17-25-11-29(18(30)26-17)10-13-2-4-16(31-13)19(22,23)24/h1-4,9,11H,5-8,10H2. The molecule has 0 spiro atoms. The highest BCUT2D eigenvalue weighted by atomic mass is 35.5. The van der Waals surface area contributed by atoms with Crippen molar-refractivity contribution in [3.05, 3.63) is 69.5 Å². The Kier molecular flexibility index (Phi) is 5.61. The molecule has 164 valence electrons. The minimum atomic E-state index is -4.59. The highest BCUT2D eigenvalue weighted by Crippen LogP contribution is 2.30. The van der Waals surface area contributed by atoms with Crippen LogP contribution in [0.3, 0.4) is 0 Å². The van der Waals surface area contributed by atoms with Crippen LogP contribution in [0.5, 0.6) is 0 Å². The third kappa shape index (κ3) is 4.66. The lowest BCUT2D eigenvalue weighted by Crippen LogP contribution is -2.47. The van der Waals surface area contributed by atoms with Gasteiger partial charge < -0.3 is 14.2 Å². The van der Waals surface area contributed by atoms with Gasteiger partial charge >= 0.3 is 11.9 Å². The largest absolute Gasteiger partial charge is 0.455 e. The van der Waals surface area contributed by atoms with Crippen LogP contribution in [0.15, 0.2) is 45.9 Å². The first kappa shape index (κ1) is 21.2. The molecule has 1 aromatic carbocycles. The summed E-state index contributed by atoms with van der Waals surface area (Å²) < 4.78 is 57.0. The minimum Gasteiger partial charge on any atom is -0.455 e. The van der Waals surface area contributed by atoms with E-state index in [2.05, 4.69) is 9.97 Å². The second-order valence-electron chi connectivity index (χ2n) is 6.90. The van der Waals surface area contributed by atoms with Gasteiger partial charge in [-0.05, 0) is 30.3 Å². The molecule has 3 aromatic rings. The van der Waals surface area contributed by atoms with E-state index in [1.165, 1.54) is 12.4 Å². The molecule has 0 radical (unpaired) electrons. The van der Waals surface area contributed by atoms with Crippen LogP contribution in [0.25, 0.3) is 0 Å². The molecular weight excluding hydrogens is 442 g/mol. The molecule has 1 aliphatic heterocycles. The number of benzene rings is 1. The average Bonchev–Trinajstić information content (AvgIpc) is 3.21. The SMILES string of the molecule is O=c1nc(N2CCN(c3ccc(F)c(Cl)c3)CC2)ncn1Cc1ccc(C(F)(F)F)o1. The van der Waals surface area contributed by atoms with Crippen molar-refractivity contribution in [1.82, 2.24) is 14.5 Å². The summed E-state index contributed by atoms with van der Waals surface area (Å²) in [6.07, 6.45) is -3.36. The summed E-state index contributed by atoms with van der Waals surface area (Å²) in [5.41, 5.74) is 0.141. The number of piperazine rings is 1. The molecule has 0 atom stereocenters. The summed E-state index contributed by atoms with van der Waals surface area (Å²) in [5.74, 6) is -1.42. The monoisotopic (exact) mass is 457 g/mol. The fourth-order valence-electron chi connectivity index (χ4n) is 3.24. The van der Waals surface area contributed by atoms with Gasteiger partial charge in [0.2, 0.25) is 11.7 Å². The van der Waals surface area contributed by atoms with Crippen LogP contribution in [0.1, 0.15) is 11.5 Å². The molecule has 4 rings (SSSR count). The normalized spacial score (nSPS) is 14.9. The number of rotatable bonds is 4. The molecule has 1 fully saturated rings. The molecule has 1 saturated heterocycles. The van der Waals surface area contributed by atoms with Crippen LogP contribution < -0.4 is 15.5 Å². The summed E-state index contributed by atoms with van der Waals surface area (Å²) in [6.45, 7) is 1.99. The van der Waals surface area contributed by atoms with E-state index in [9.17, 15) is 22.4 Å². The van der Waals surface area contributed by atoms with Crippen LogP contribution in [0.4, 0.5) is 29.2 Å². The Morgan fingerprint density at radius 1 is 1.06 bits per heavy atom. The molecule has 2 aromatic heterocycles. The van der Waals surface area contributed by atoms with E-state index in [-0.39, 0.29) is 23.3 Å². The summed E-state index contributed by atoms with van der Waals surface area (Å²) in [4.78, 5) is 24.3. The maximum atomic E-state index is 13.3. The molecule has 7 nitrogen and oxygen atoms in total. The van der Waals surface area contributed by atoms with Gasteiger partial charge in [-0.25, -0.2) is 14.2 Å². The summed E-state index contributed by atoms with van der Waals surface area (Å²) in [6, 6.07) is 6.48. The lowest BCUT2D eigenvalue weighted by atomic mass is 10.2. The maximum Gasteiger partial charge on any atom is 0.449 e. The number of alkyl halides is 3. The second-order valence-corrected chi connectivity index (χ2v) is 7.31. The number of hydrogen-bond acceptors (Lipinski definition) is 6. The Bertz CT molecular complexity index is 1140. The van der Waals surface area contributed by atoms with Crippen molar-refractivity contribution >= 4 is 23.2 Å². The molecule has 31 heavy (non-hydrogen) atoms. The summed E-state index contributed by atoms with van der Waals surface area (Å²) in [7, 11) is 0. The second kappa shape index (κ2) is 8.22. The number of nitrogens with zero attached hydrogens (tertiary/aromatic N) is 5. The van der Waals surface area contributed by atoms with E-state index < -0.39 is 23.4 Å². The molecule has 0 N–H and O–H groups in total. The zero-order valence-corrected chi connectivity index (χ0v) is 16.7. The van der Waals surface area contributed by atoms with Crippen molar-refractivity contribution in [2.24, 2.45) is 0 Å². The van der Waals surface area contributed by atoms with Gasteiger partial charge in [0.25, 0.3) is 0 Å². The summed E-state index contributed by atoms with van der Waals surface area (Å²) >= 11 is 5.84. The lowest BCUT2D eigenvalue weighted by molar-refractivity contribution is -0.153. The molecular formula is C19H16ClF4N5O2. The molecule has 0 bridgehead atoms. The van der Waals surface area contributed by atoms with Crippen molar-refractivity contribution in [1.29, 1.82) is 0 Å². The Morgan fingerprint density at radius 2 is 1.77 bits per heavy atom. The molecule has 1 aliphatic rings. The molecule has 0 unspecified atom stereocenters. The van der Waals surface area contributed by atoms with Gasteiger partial charge in [-0.2, -0.15) is 18.2 Å². The average molecular weight is 458 g/mol. The van der Waals surface area contributed by atoms with Crippen LogP contribution in [-0.4, -0.2) is 40.7 Å². The predicted molar refractivity (Wildman–Crippen MR) is 105 cm³/mol. The molecule has 3 heterocycles. The van der Waals surface area contributed by atoms with E-state index >= 15 is 0 Å². The minimum absolute atomic E-state index is 0.0302. The van der Waals surface area contributed by atoms with Crippen LogP contribution in [0, 0.1) is 5.82 Å². The van der Waals surface area contributed by atoms with Gasteiger partial charge in [0.15, 0.2) is 0 Å². The van der Waals surface area contributed by atoms with E-state index in [0.29, 0.717) is 26.2 Å². The Labute approximate surface area is 178 Å². The highest BCUT2D eigenvalue weighted by Gasteiger charge is 2.34. The first-order chi connectivity index (χ1) is 14.7. The highest BCUT2D eigenvalue weighted by molar-refractivity contribution is 6.31. The van der Waals surface area contributed by atoms with Gasteiger partial charge in [0.1, 0.15) is 17.9 Å². The number of aromatic nitrogens is 3. The van der Waals surface area contributed by atoms with Crippen LogP contribution >= 0.6 is 11.6 Å². The van der Waals surface area contributed by atoms with Crippen molar-refractivity contribution in [3.8, 4) is 0 Å². The van der Waals surface area contributed by atoms with E-state index in [0.717, 1.165) is 22.4 Å². The quantitative estimate of drug-likeness (QED) is 0.559. The number of hydrogen-bond donors (Lipinski definition) is 0. The molecule has 0 saturated carbocycles. The van der Waals surface area contributed by atoms with Crippen molar-refractivity contribution in [3.63, 3.8) is 0 Å². The van der Waals surface area contributed by atoms with Gasteiger partial charge in [0, 0.05) is 31.9 Å². The maximum absolute atomic E-state index is 13.3. The van der Waals surface area contributed by atoms with Gasteiger partial charge in [-0.3, -0.25) is 4.57 Å². The first-order valence-electron chi connectivity index (χ1n) is 9.25. The third-order valence-corrected chi connectivity index (χ3v) is 5.14. The van der Waals surface area contributed by atoms with E-state index in [1.807, 2.05) is 9.80 Å². The molecule has 0 amide bonds. The van der Waals surface area contributed by atoms with Crippen LogP contribution in [-0.2, 0) is 12.7 Å². The number of anilines is 2. The Balaban J connectivity index is 1.41. The molecule has 0 aliphatic carbocycles. The van der Waals surface area contributed by atoms with E-state index in [1.54, 1.807) is 12.1 Å². The Hall–Kier alpha value is -3.08. The fourth-order valence-corrected chi connectivity index (χ4v) is 3.41. The number of halogens is 5. The van der Waals surface area contributed by atoms with Crippen LogP contribution in [0.2, 0.25) is 5.02 Å². The number of furan rings is 1. The first-order valence-corrected chi connectivity index (χ1v) is 9.63. The predicted octanol–water partition coefficient (Wildman–Crippen LogP) is 3.42. The zero-order valence-electron chi connectivity index (χ0n) is 15.9. The van der Waals surface area contributed by atoms with Crippen molar-refractivity contribution < 1.29 is 22.0 Å². The fraction of sp³-hybridized carbons (Fsp3) is 0.316. The topological polar surface area (TPSA) is 67.4 Å². The van der Waals surface area contributed by atoms with Gasteiger partial charge in [-0.1, -0.05) is 11.6 Å².